The van der Waals surface area contributed by atoms with Gasteiger partial charge in [0.2, 0.25) is 11.8 Å². The minimum Gasteiger partial charge on any atom is -0.508 e. The Morgan fingerprint density at radius 1 is 1.05 bits per heavy atom. The van der Waals surface area contributed by atoms with E-state index in [1.54, 1.807) is 39.0 Å². The van der Waals surface area contributed by atoms with Crippen LogP contribution in [0.4, 0.5) is 4.79 Å². The number of hydrogen-bond acceptors (Lipinski definition) is 5. The van der Waals surface area contributed by atoms with Crippen molar-refractivity contribution < 1.29 is 24.2 Å². The second-order valence-electron chi connectivity index (χ2n) is 11.9. The minimum absolute atomic E-state index is 0.0543. The molecule has 3 N–H and O–H groups in total. The Bertz CT molecular complexity index is 1210. The fraction of sp³-hybridized carbons (Fsp3) is 0.485. The Morgan fingerprint density at radius 3 is 2.29 bits per heavy atom. The van der Waals surface area contributed by atoms with Crippen LogP contribution >= 0.6 is 0 Å². The zero-order chi connectivity index (χ0) is 30.2. The van der Waals surface area contributed by atoms with Gasteiger partial charge in [-0.1, -0.05) is 55.7 Å². The normalized spacial score (nSPS) is 15.3. The highest BCUT2D eigenvalue weighted by molar-refractivity contribution is 5.92. The van der Waals surface area contributed by atoms with Gasteiger partial charge in [-0.3, -0.25) is 9.59 Å². The minimum atomic E-state index is -1.04. The van der Waals surface area contributed by atoms with Crippen molar-refractivity contribution in [1.29, 1.82) is 0 Å². The maximum absolute atomic E-state index is 14.3. The van der Waals surface area contributed by atoms with Gasteiger partial charge < -0.3 is 25.4 Å². The summed E-state index contributed by atoms with van der Waals surface area (Å²) in [6, 6.07) is 10.3. The number of rotatable bonds is 10. The van der Waals surface area contributed by atoms with Crippen LogP contribution in [0.25, 0.3) is 0 Å². The molecule has 1 saturated carbocycles. The number of ether oxygens (including phenoxy) is 1. The van der Waals surface area contributed by atoms with Crippen molar-refractivity contribution in [3.05, 3.63) is 77.4 Å². The molecule has 1 fully saturated rings. The van der Waals surface area contributed by atoms with Gasteiger partial charge in [-0.15, -0.1) is 6.58 Å². The molecule has 0 heterocycles. The monoisotopic (exact) mass is 563 g/mol. The summed E-state index contributed by atoms with van der Waals surface area (Å²) in [7, 11) is 0. The van der Waals surface area contributed by atoms with E-state index in [2.05, 4.69) is 17.2 Å². The molecule has 2 atom stereocenters. The van der Waals surface area contributed by atoms with E-state index in [1.165, 1.54) is 17.0 Å². The van der Waals surface area contributed by atoms with Crippen LogP contribution in [0, 0.1) is 13.8 Å². The van der Waals surface area contributed by atoms with Crippen molar-refractivity contribution in [3.8, 4) is 5.75 Å². The van der Waals surface area contributed by atoms with Crippen LogP contribution in [0.3, 0.4) is 0 Å². The van der Waals surface area contributed by atoms with Gasteiger partial charge in [0.1, 0.15) is 23.4 Å². The van der Waals surface area contributed by atoms with E-state index in [0.29, 0.717) is 5.56 Å². The molecule has 3 rings (SSSR count). The summed E-state index contributed by atoms with van der Waals surface area (Å²) in [5, 5.41) is 15.7. The number of phenolic OH excluding ortho intramolecular Hbond substituents is 1. The van der Waals surface area contributed by atoms with E-state index in [0.717, 1.165) is 48.8 Å². The number of amides is 3. The molecule has 2 aromatic carbocycles. The largest absolute Gasteiger partial charge is 0.508 e. The zero-order valence-corrected chi connectivity index (χ0v) is 25.0. The predicted octanol–water partition coefficient (Wildman–Crippen LogP) is 5.65. The molecule has 2 aromatic rings. The standard InChI is InChI=1S/C33H45N3O5/c1-7-19-36(29(25-16-13-22(2)23(3)20-25)30(38)34-26-11-9-8-10-12-26)31(39)28(35-32(40)41-33(4,5)6)21-24-14-17-27(37)18-15-24/h7,13-18,20,26,28-29,37H,1,8-12,19,21H2,2-6H3,(H,34,38)(H,35,40). The van der Waals surface area contributed by atoms with Crippen molar-refractivity contribution in [2.75, 3.05) is 6.54 Å². The summed E-state index contributed by atoms with van der Waals surface area (Å²) in [5.74, 6) is -0.596. The fourth-order valence-electron chi connectivity index (χ4n) is 5.11. The number of benzene rings is 2. The highest BCUT2D eigenvalue weighted by atomic mass is 16.6. The second kappa shape index (κ2) is 14.2. The van der Waals surface area contributed by atoms with Crippen molar-refractivity contribution in [2.45, 2.75) is 96.9 Å². The lowest BCUT2D eigenvalue weighted by atomic mass is 9.94. The predicted molar refractivity (Wildman–Crippen MR) is 161 cm³/mol. The van der Waals surface area contributed by atoms with E-state index in [4.69, 9.17) is 4.74 Å². The van der Waals surface area contributed by atoms with Crippen LogP contribution in [0.15, 0.2) is 55.1 Å². The average molecular weight is 564 g/mol. The van der Waals surface area contributed by atoms with Gasteiger partial charge in [-0.25, -0.2) is 4.79 Å². The highest BCUT2D eigenvalue weighted by Gasteiger charge is 2.37. The smallest absolute Gasteiger partial charge is 0.408 e. The van der Waals surface area contributed by atoms with Crippen molar-refractivity contribution in [1.82, 2.24) is 15.5 Å². The first-order valence-electron chi connectivity index (χ1n) is 14.4. The Kier molecular flexibility index (Phi) is 11.0. The molecule has 0 aromatic heterocycles. The summed E-state index contributed by atoms with van der Waals surface area (Å²) in [5.41, 5.74) is 2.75. The van der Waals surface area contributed by atoms with E-state index in [9.17, 15) is 19.5 Å². The lowest BCUT2D eigenvalue weighted by molar-refractivity contribution is -0.142. The van der Waals surface area contributed by atoms with Gasteiger partial charge in [0.25, 0.3) is 0 Å². The van der Waals surface area contributed by atoms with Crippen LogP contribution in [-0.4, -0.2) is 52.1 Å². The number of hydrogen-bond donors (Lipinski definition) is 3. The lowest BCUT2D eigenvalue weighted by Crippen LogP contribution is -2.54. The number of alkyl carbamates (subject to hydrolysis) is 1. The number of nitrogens with one attached hydrogen (secondary N) is 2. The second-order valence-corrected chi connectivity index (χ2v) is 11.9. The first-order chi connectivity index (χ1) is 19.4. The summed E-state index contributed by atoms with van der Waals surface area (Å²) in [6.45, 7) is 13.2. The van der Waals surface area contributed by atoms with E-state index >= 15 is 0 Å². The topological polar surface area (TPSA) is 108 Å². The molecule has 8 nitrogen and oxygen atoms in total. The van der Waals surface area contributed by atoms with Gasteiger partial charge in [0, 0.05) is 19.0 Å². The number of phenols is 1. The quantitative estimate of drug-likeness (QED) is 0.324. The molecule has 1 aliphatic rings. The lowest BCUT2D eigenvalue weighted by Gasteiger charge is -2.35. The van der Waals surface area contributed by atoms with Gasteiger partial charge >= 0.3 is 6.09 Å². The SMILES string of the molecule is C=CCN(C(=O)C(Cc1ccc(O)cc1)NC(=O)OC(C)(C)C)C(C(=O)NC1CCCCC1)c1ccc(C)c(C)c1. The molecular formula is C33H45N3O5. The van der Waals surface area contributed by atoms with E-state index in [1.807, 2.05) is 32.0 Å². The van der Waals surface area contributed by atoms with Crippen LogP contribution in [0.1, 0.15) is 81.2 Å². The Labute approximate surface area is 244 Å². The van der Waals surface area contributed by atoms with Crippen molar-refractivity contribution in [2.24, 2.45) is 0 Å². The molecule has 1 aliphatic carbocycles. The number of aromatic hydroxyl groups is 1. The van der Waals surface area contributed by atoms with Gasteiger partial charge in [0.05, 0.1) is 0 Å². The summed E-state index contributed by atoms with van der Waals surface area (Å²) < 4.78 is 5.48. The molecule has 0 radical (unpaired) electrons. The molecule has 41 heavy (non-hydrogen) atoms. The number of carbonyl (C=O) groups is 3. The number of nitrogens with zero attached hydrogens (tertiary/aromatic N) is 1. The summed E-state index contributed by atoms with van der Waals surface area (Å²) >= 11 is 0. The first-order valence-corrected chi connectivity index (χ1v) is 14.4. The third-order valence-corrected chi connectivity index (χ3v) is 7.33. The van der Waals surface area contributed by atoms with Crippen LogP contribution in [0.5, 0.6) is 5.75 Å². The summed E-state index contributed by atoms with van der Waals surface area (Å²) in [6.07, 6.45) is 6.08. The fourth-order valence-corrected chi connectivity index (χ4v) is 5.11. The summed E-state index contributed by atoms with van der Waals surface area (Å²) in [4.78, 5) is 42.7. The third-order valence-electron chi connectivity index (χ3n) is 7.33. The maximum Gasteiger partial charge on any atom is 0.408 e. The van der Waals surface area contributed by atoms with Crippen LogP contribution < -0.4 is 10.6 Å². The molecule has 8 heteroatoms. The number of carbonyl (C=O) groups excluding carboxylic acids is 3. The molecule has 3 amide bonds. The Balaban J connectivity index is 2.01. The first kappa shape index (κ1) is 31.7. The highest BCUT2D eigenvalue weighted by Crippen LogP contribution is 2.27. The zero-order valence-electron chi connectivity index (χ0n) is 25.0. The van der Waals surface area contributed by atoms with Crippen LogP contribution in [-0.2, 0) is 20.7 Å². The Hall–Kier alpha value is -3.81. The maximum atomic E-state index is 14.3. The van der Waals surface area contributed by atoms with Gasteiger partial charge in [-0.05, 0) is 81.8 Å². The Morgan fingerprint density at radius 2 is 1.71 bits per heavy atom. The van der Waals surface area contributed by atoms with Gasteiger partial charge in [0.15, 0.2) is 0 Å². The molecule has 0 saturated heterocycles. The molecule has 0 bridgehead atoms. The van der Waals surface area contributed by atoms with Crippen LogP contribution in [0.2, 0.25) is 0 Å². The molecule has 2 unspecified atom stereocenters. The molecule has 0 spiro atoms. The van der Waals surface area contributed by atoms with Crippen molar-refractivity contribution in [3.63, 3.8) is 0 Å². The van der Waals surface area contributed by atoms with Gasteiger partial charge in [-0.2, -0.15) is 0 Å². The number of aryl methyl sites for hydroxylation is 2. The van der Waals surface area contributed by atoms with Crippen molar-refractivity contribution >= 4 is 17.9 Å². The third kappa shape index (κ3) is 9.37. The molecular weight excluding hydrogens is 518 g/mol. The van der Waals surface area contributed by atoms with E-state index in [-0.39, 0.29) is 30.7 Å². The molecule has 222 valence electrons. The average Bonchev–Trinajstić information content (AvgIpc) is 2.90. The van der Waals surface area contributed by atoms with E-state index < -0.39 is 29.7 Å². The molecule has 0 aliphatic heterocycles.